The van der Waals surface area contributed by atoms with Crippen molar-refractivity contribution in [2.45, 2.75) is 25.8 Å². The van der Waals surface area contributed by atoms with E-state index in [0.29, 0.717) is 36.0 Å². The quantitative estimate of drug-likeness (QED) is 0.928. The lowest BCUT2D eigenvalue weighted by atomic mass is 10.1. The molecule has 6 heteroatoms. The Balaban J connectivity index is 0.00000200. The maximum atomic E-state index is 12.5. The highest BCUT2D eigenvalue weighted by Gasteiger charge is 2.26. The molecule has 1 aliphatic rings. The molecule has 0 saturated carbocycles. The lowest BCUT2D eigenvalue weighted by Crippen LogP contribution is -2.32. The molecule has 1 aromatic rings. The van der Waals surface area contributed by atoms with E-state index in [1.807, 2.05) is 6.92 Å². The van der Waals surface area contributed by atoms with Crippen LogP contribution in [-0.4, -0.2) is 36.5 Å². The summed E-state index contributed by atoms with van der Waals surface area (Å²) >= 11 is 5.98. The minimum atomic E-state index is -0.0541. The molecule has 1 atom stereocenters. The number of ether oxygens (including phenoxy) is 1. The van der Waals surface area contributed by atoms with Crippen LogP contribution in [0.15, 0.2) is 18.2 Å². The third-order valence-corrected chi connectivity index (χ3v) is 3.38. The first-order chi connectivity index (χ1) is 9.11. The van der Waals surface area contributed by atoms with Crippen molar-refractivity contribution in [2.75, 3.05) is 19.7 Å². The Labute approximate surface area is 130 Å². The molecule has 1 unspecified atom stereocenters. The fourth-order valence-electron chi connectivity index (χ4n) is 2.15. The number of benzene rings is 1. The molecule has 20 heavy (non-hydrogen) atoms. The van der Waals surface area contributed by atoms with Gasteiger partial charge in [0, 0.05) is 24.2 Å². The van der Waals surface area contributed by atoms with Crippen molar-refractivity contribution in [1.82, 2.24) is 4.90 Å². The summed E-state index contributed by atoms with van der Waals surface area (Å²) in [6, 6.07) is 5.22. The van der Waals surface area contributed by atoms with E-state index in [0.717, 1.165) is 12.8 Å². The van der Waals surface area contributed by atoms with E-state index in [1.165, 1.54) is 0 Å². The zero-order chi connectivity index (χ0) is 13.8. The van der Waals surface area contributed by atoms with Crippen molar-refractivity contribution in [3.8, 4) is 5.75 Å². The predicted octanol–water partition coefficient (Wildman–Crippen LogP) is 2.72. The number of carbonyl (C=O) groups is 1. The van der Waals surface area contributed by atoms with Gasteiger partial charge in [0.2, 0.25) is 0 Å². The van der Waals surface area contributed by atoms with Gasteiger partial charge in [0.1, 0.15) is 5.75 Å². The van der Waals surface area contributed by atoms with Crippen LogP contribution in [-0.2, 0) is 0 Å². The van der Waals surface area contributed by atoms with Crippen molar-refractivity contribution in [3.63, 3.8) is 0 Å². The molecule has 1 saturated heterocycles. The molecule has 1 fully saturated rings. The first kappa shape index (κ1) is 17.1. The molecule has 1 heterocycles. The van der Waals surface area contributed by atoms with Crippen molar-refractivity contribution in [2.24, 2.45) is 5.73 Å². The van der Waals surface area contributed by atoms with E-state index in [-0.39, 0.29) is 24.4 Å². The number of carbonyl (C=O) groups excluding carboxylic acids is 1. The number of likely N-dealkylation sites (tertiary alicyclic amines) is 1. The highest BCUT2D eigenvalue weighted by Crippen LogP contribution is 2.25. The summed E-state index contributed by atoms with van der Waals surface area (Å²) in [5.74, 6) is 0.540. The highest BCUT2D eigenvalue weighted by atomic mass is 35.5. The molecule has 112 valence electrons. The number of amides is 1. The summed E-state index contributed by atoms with van der Waals surface area (Å²) in [5, 5.41) is 0.538. The van der Waals surface area contributed by atoms with E-state index < -0.39 is 0 Å². The average Bonchev–Trinajstić information content (AvgIpc) is 2.83. The maximum absolute atomic E-state index is 12.5. The minimum absolute atomic E-state index is 0. The summed E-state index contributed by atoms with van der Waals surface area (Å²) in [6.07, 6.45) is 1.74. The summed E-state index contributed by atoms with van der Waals surface area (Å²) in [7, 11) is 0. The Morgan fingerprint density at radius 1 is 1.55 bits per heavy atom. The van der Waals surface area contributed by atoms with E-state index >= 15 is 0 Å². The summed E-state index contributed by atoms with van der Waals surface area (Å²) < 4.78 is 5.61. The number of halogens is 2. The second-order valence-corrected chi connectivity index (χ2v) is 5.23. The van der Waals surface area contributed by atoms with E-state index in [9.17, 15) is 4.79 Å². The molecule has 1 aliphatic heterocycles. The van der Waals surface area contributed by atoms with Gasteiger partial charge in [0.05, 0.1) is 12.2 Å². The zero-order valence-electron chi connectivity index (χ0n) is 11.5. The summed E-state index contributed by atoms with van der Waals surface area (Å²) in [6.45, 7) is 3.90. The number of nitrogens with two attached hydrogens (primary N) is 1. The van der Waals surface area contributed by atoms with Gasteiger partial charge in [-0.05, 0) is 31.0 Å². The third kappa shape index (κ3) is 4.01. The van der Waals surface area contributed by atoms with Crippen LogP contribution in [0.4, 0.5) is 0 Å². The largest absolute Gasteiger partial charge is 0.493 e. The highest BCUT2D eigenvalue weighted by molar-refractivity contribution is 6.31. The average molecular weight is 319 g/mol. The molecule has 1 amide bonds. The predicted molar refractivity (Wildman–Crippen MR) is 83.0 cm³/mol. The van der Waals surface area contributed by atoms with Gasteiger partial charge in [-0.15, -0.1) is 12.4 Å². The zero-order valence-corrected chi connectivity index (χ0v) is 13.0. The first-order valence-electron chi connectivity index (χ1n) is 6.59. The van der Waals surface area contributed by atoms with Gasteiger partial charge < -0.3 is 15.4 Å². The van der Waals surface area contributed by atoms with Crippen LogP contribution >= 0.6 is 24.0 Å². The van der Waals surface area contributed by atoms with Crippen LogP contribution in [0.2, 0.25) is 5.02 Å². The number of hydrogen-bond donors (Lipinski definition) is 1. The number of nitrogens with zero attached hydrogens (tertiary/aromatic N) is 1. The second kappa shape index (κ2) is 7.72. The third-order valence-electron chi connectivity index (χ3n) is 3.15. The normalized spacial score (nSPS) is 17.8. The Hall–Kier alpha value is -0.970. The van der Waals surface area contributed by atoms with Crippen molar-refractivity contribution < 1.29 is 9.53 Å². The monoisotopic (exact) mass is 318 g/mol. The van der Waals surface area contributed by atoms with E-state index in [1.54, 1.807) is 23.1 Å². The second-order valence-electron chi connectivity index (χ2n) is 4.79. The molecule has 4 nitrogen and oxygen atoms in total. The van der Waals surface area contributed by atoms with Gasteiger partial charge in [0.25, 0.3) is 5.91 Å². The SMILES string of the molecule is CCCOc1ccc(Cl)cc1C(=O)N1CCC(N)C1.Cl. The van der Waals surface area contributed by atoms with Gasteiger partial charge in [-0.25, -0.2) is 0 Å². The molecule has 0 radical (unpaired) electrons. The van der Waals surface area contributed by atoms with Gasteiger partial charge in [-0.3, -0.25) is 4.79 Å². The summed E-state index contributed by atoms with van der Waals surface area (Å²) in [4.78, 5) is 14.2. The van der Waals surface area contributed by atoms with Gasteiger partial charge >= 0.3 is 0 Å². The molecular formula is C14H20Cl2N2O2. The van der Waals surface area contributed by atoms with Gasteiger partial charge in [-0.1, -0.05) is 18.5 Å². The number of rotatable bonds is 4. The molecule has 0 aromatic heterocycles. The topological polar surface area (TPSA) is 55.6 Å². The molecule has 0 bridgehead atoms. The van der Waals surface area contributed by atoms with Crippen LogP contribution < -0.4 is 10.5 Å². The lowest BCUT2D eigenvalue weighted by Gasteiger charge is -2.18. The van der Waals surface area contributed by atoms with E-state index in [2.05, 4.69) is 0 Å². The van der Waals surface area contributed by atoms with Crippen LogP contribution in [0.5, 0.6) is 5.75 Å². The molecule has 2 N–H and O–H groups in total. The standard InChI is InChI=1S/C14H19ClN2O2.ClH/c1-2-7-19-13-4-3-10(15)8-12(13)14(18)17-6-5-11(16)9-17;/h3-4,8,11H,2,5-7,9,16H2,1H3;1H. The van der Waals surface area contributed by atoms with Crippen LogP contribution in [0.3, 0.4) is 0 Å². The Kier molecular flexibility index (Phi) is 6.59. The minimum Gasteiger partial charge on any atom is -0.493 e. The Morgan fingerprint density at radius 2 is 2.30 bits per heavy atom. The molecule has 2 rings (SSSR count). The fourth-order valence-corrected chi connectivity index (χ4v) is 2.32. The smallest absolute Gasteiger partial charge is 0.257 e. The van der Waals surface area contributed by atoms with Gasteiger partial charge in [0.15, 0.2) is 0 Å². The van der Waals surface area contributed by atoms with Crippen molar-refractivity contribution in [3.05, 3.63) is 28.8 Å². The molecular weight excluding hydrogens is 299 g/mol. The summed E-state index contributed by atoms with van der Waals surface area (Å²) in [5.41, 5.74) is 6.36. The molecule has 0 aliphatic carbocycles. The Bertz CT molecular complexity index is 468. The molecule has 0 spiro atoms. The first-order valence-corrected chi connectivity index (χ1v) is 6.96. The number of hydrogen-bond acceptors (Lipinski definition) is 3. The van der Waals surface area contributed by atoms with Crippen LogP contribution in [0, 0.1) is 0 Å². The van der Waals surface area contributed by atoms with E-state index in [4.69, 9.17) is 22.1 Å². The maximum Gasteiger partial charge on any atom is 0.257 e. The van der Waals surface area contributed by atoms with Crippen molar-refractivity contribution >= 4 is 29.9 Å². The van der Waals surface area contributed by atoms with Gasteiger partial charge in [-0.2, -0.15) is 0 Å². The Morgan fingerprint density at radius 3 is 2.90 bits per heavy atom. The van der Waals surface area contributed by atoms with Crippen molar-refractivity contribution in [1.29, 1.82) is 0 Å². The fraction of sp³-hybridized carbons (Fsp3) is 0.500. The van der Waals surface area contributed by atoms with Crippen LogP contribution in [0.25, 0.3) is 0 Å². The molecule has 1 aromatic carbocycles. The lowest BCUT2D eigenvalue weighted by molar-refractivity contribution is 0.0786. The van der Waals surface area contributed by atoms with Crippen LogP contribution in [0.1, 0.15) is 30.1 Å².